The van der Waals surface area contributed by atoms with E-state index in [0.29, 0.717) is 44.9 Å². The van der Waals surface area contributed by atoms with Gasteiger partial charge in [-0.05, 0) is 60.6 Å². The number of hydrogen-bond donors (Lipinski definition) is 7. The number of aromatic nitrogens is 1. The molecule has 0 bridgehead atoms. The molecule has 1 heterocycles. The van der Waals surface area contributed by atoms with Gasteiger partial charge in [0.2, 0.25) is 11.8 Å². The molecule has 1 aromatic heterocycles. The molecule has 1 aliphatic carbocycles. The van der Waals surface area contributed by atoms with Crippen molar-refractivity contribution >= 4 is 65.9 Å². The van der Waals surface area contributed by atoms with E-state index in [1.165, 1.54) is 12.1 Å². The summed E-state index contributed by atoms with van der Waals surface area (Å²) < 4.78 is 22.7. The maximum absolute atomic E-state index is 13.9. The van der Waals surface area contributed by atoms with Gasteiger partial charge >= 0.3 is 20.0 Å². The Labute approximate surface area is 273 Å². The van der Waals surface area contributed by atoms with Gasteiger partial charge in [0.25, 0.3) is 0 Å². The molecule has 0 saturated heterocycles. The number of carboxylic acid groups (broad SMARTS) is 1. The van der Waals surface area contributed by atoms with Crippen LogP contribution in [-0.2, 0) is 37.9 Å². The molecule has 0 spiro atoms. The number of phosphoric acid groups is 1. The van der Waals surface area contributed by atoms with E-state index in [0.717, 1.165) is 5.69 Å². The third-order valence-electron chi connectivity index (χ3n) is 7.92. The molecule has 2 aromatic carbocycles. The highest BCUT2D eigenvalue weighted by Gasteiger charge is 2.47. The minimum absolute atomic E-state index is 0.0138. The molecule has 4 rings (SSSR count). The lowest BCUT2D eigenvalue weighted by molar-refractivity contribution is -0.133. The lowest BCUT2D eigenvalue weighted by Crippen LogP contribution is -2.64. The van der Waals surface area contributed by atoms with Crippen LogP contribution in [0.15, 0.2) is 36.4 Å². The van der Waals surface area contributed by atoms with E-state index in [4.69, 9.17) is 43.1 Å². The molecule has 4 atom stereocenters. The molecule has 248 valence electrons. The van der Waals surface area contributed by atoms with Crippen LogP contribution in [0.5, 0.6) is 5.75 Å². The van der Waals surface area contributed by atoms with Crippen molar-refractivity contribution in [2.45, 2.75) is 57.5 Å². The van der Waals surface area contributed by atoms with Crippen LogP contribution in [0.3, 0.4) is 0 Å². The second-order valence-corrected chi connectivity index (χ2v) is 13.2. The van der Waals surface area contributed by atoms with Crippen LogP contribution in [0.1, 0.15) is 43.5 Å². The minimum atomic E-state index is -5.07. The van der Waals surface area contributed by atoms with Crippen molar-refractivity contribution in [3.8, 4) is 5.75 Å². The minimum Gasteiger partial charge on any atom is -0.465 e. The number of halogens is 2. The van der Waals surface area contributed by atoms with Crippen molar-refractivity contribution in [1.29, 1.82) is 0 Å². The molecule has 8 N–H and O–H groups in total. The fourth-order valence-corrected chi connectivity index (χ4v) is 6.56. The molecule has 0 radical (unpaired) electrons. The van der Waals surface area contributed by atoms with Crippen LogP contribution in [0.25, 0.3) is 10.9 Å². The number of H-pyrrole nitrogens is 1. The van der Waals surface area contributed by atoms with Gasteiger partial charge in [0.1, 0.15) is 17.3 Å². The van der Waals surface area contributed by atoms with Crippen LogP contribution in [0, 0.1) is 5.92 Å². The number of nitrogens with one attached hydrogen (secondary N) is 4. The lowest BCUT2D eigenvalue weighted by atomic mass is 9.78. The Hall–Kier alpha value is -3.97. The Bertz CT molecular complexity index is 1700. The van der Waals surface area contributed by atoms with Gasteiger partial charge in [-0.25, -0.2) is 14.2 Å². The zero-order valence-electron chi connectivity index (χ0n) is 24.9. The lowest BCUT2D eigenvalue weighted by Gasteiger charge is -2.37. The highest BCUT2D eigenvalue weighted by atomic mass is 35.5. The number of carbonyl (C=O) groups is 4. The second kappa shape index (κ2) is 14.2. The first-order valence-electron chi connectivity index (χ1n) is 14.3. The molecule has 0 fully saturated rings. The summed E-state index contributed by atoms with van der Waals surface area (Å²) in [6.07, 6.45) is -1.56. The number of amides is 4. The van der Waals surface area contributed by atoms with E-state index < -0.39 is 43.4 Å². The molecule has 1 unspecified atom stereocenters. The average molecular weight is 698 g/mol. The van der Waals surface area contributed by atoms with E-state index >= 15 is 0 Å². The molecule has 0 saturated carbocycles. The van der Waals surface area contributed by atoms with Gasteiger partial charge < -0.3 is 40.8 Å². The predicted molar refractivity (Wildman–Crippen MR) is 170 cm³/mol. The number of hydrogen-bond acceptors (Lipinski definition) is 7. The summed E-state index contributed by atoms with van der Waals surface area (Å²) in [7, 11) is -5.07. The number of carbonyl (C=O) groups excluding carboxylic acids is 3. The molecule has 46 heavy (non-hydrogen) atoms. The summed E-state index contributed by atoms with van der Waals surface area (Å²) in [5, 5.41) is 17.4. The highest BCUT2D eigenvalue weighted by Crippen LogP contribution is 2.45. The van der Waals surface area contributed by atoms with Gasteiger partial charge in [-0.15, -0.1) is 0 Å². The van der Waals surface area contributed by atoms with E-state index in [2.05, 4.69) is 20.9 Å². The van der Waals surface area contributed by atoms with Gasteiger partial charge in [-0.1, -0.05) is 55.6 Å². The summed E-state index contributed by atoms with van der Waals surface area (Å²) in [5.41, 5.74) is 6.52. The van der Waals surface area contributed by atoms with Crippen molar-refractivity contribution in [3.63, 3.8) is 0 Å². The van der Waals surface area contributed by atoms with Crippen molar-refractivity contribution < 1.29 is 42.8 Å². The van der Waals surface area contributed by atoms with E-state index in [9.17, 15) is 28.6 Å². The third kappa shape index (κ3) is 8.24. The van der Waals surface area contributed by atoms with Gasteiger partial charge in [0.05, 0.1) is 10.5 Å². The van der Waals surface area contributed by atoms with Crippen molar-refractivity contribution in [2.75, 3.05) is 6.54 Å². The zero-order chi connectivity index (χ0) is 33.8. The van der Waals surface area contributed by atoms with Crippen LogP contribution >= 0.6 is 31.0 Å². The summed E-state index contributed by atoms with van der Waals surface area (Å²) in [6.45, 7) is 3.73. The van der Waals surface area contributed by atoms with Crippen molar-refractivity contribution in [1.82, 2.24) is 20.9 Å². The Morgan fingerprint density at radius 2 is 1.87 bits per heavy atom. The normalized spacial score (nSPS) is 18.4. The predicted octanol–water partition coefficient (Wildman–Crippen LogP) is 4.43. The summed E-state index contributed by atoms with van der Waals surface area (Å²) in [6, 6.07) is 7.97. The first-order chi connectivity index (χ1) is 21.6. The number of nitrogens with two attached hydrogens (primary N) is 1. The maximum Gasteiger partial charge on any atom is 0.588 e. The fraction of sp³-hybridized carbons (Fsp3) is 0.379. The fourth-order valence-electron chi connectivity index (χ4n) is 5.34. The van der Waals surface area contributed by atoms with E-state index in [1.54, 1.807) is 31.2 Å². The zero-order valence-corrected chi connectivity index (χ0v) is 27.3. The van der Waals surface area contributed by atoms with Crippen LogP contribution in [0.2, 0.25) is 10.0 Å². The van der Waals surface area contributed by atoms with Gasteiger partial charge in [0, 0.05) is 29.1 Å². The SMILES string of the molecule is CC[C@H](C)[C@H](NC(=O)[C@@]1(NC(=O)OP(=O)(O)Oc2ccc(CCNC(=O)O)cc2)CCc2[nH]c3c(Cl)cc(Cl)cc3c2C1)C(N)=O. The number of fused-ring (bicyclic) bond motifs is 3. The number of primary amides is 1. The molecule has 0 aliphatic heterocycles. The van der Waals surface area contributed by atoms with Crippen molar-refractivity contribution in [3.05, 3.63) is 63.3 Å². The Morgan fingerprint density at radius 1 is 1.17 bits per heavy atom. The number of aryl methyl sites for hydroxylation is 1. The van der Waals surface area contributed by atoms with Crippen LogP contribution in [0.4, 0.5) is 9.59 Å². The Kier molecular flexibility index (Phi) is 10.8. The van der Waals surface area contributed by atoms with Crippen LogP contribution < -0.4 is 26.2 Å². The number of aromatic amines is 1. The summed E-state index contributed by atoms with van der Waals surface area (Å²) in [5.74, 6) is -1.95. The third-order valence-corrected chi connectivity index (χ3v) is 9.27. The van der Waals surface area contributed by atoms with Crippen LogP contribution in [-0.4, -0.2) is 57.1 Å². The van der Waals surface area contributed by atoms with Gasteiger partial charge in [-0.3, -0.25) is 14.5 Å². The summed E-state index contributed by atoms with van der Waals surface area (Å²) in [4.78, 5) is 63.6. The van der Waals surface area contributed by atoms with E-state index in [1.807, 2.05) is 6.92 Å². The summed E-state index contributed by atoms with van der Waals surface area (Å²) >= 11 is 12.7. The molecule has 1 aliphatic rings. The monoisotopic (exact) mass is 697 g/mol. The van der Waals surface area contributed by atoms with Crippen molar-refractivity contribution in [2.24, 2.45) is 11.7 Å². The van der Waals surface area contributed by atoms with E-state index in [-0.39, 0.29) is 37.5 Å². The Balaban J connectivity index is 1.57. The average Bonchev–Trinajstić information content (AvgIpc) is 3.33. The first kappa shape index (κ1) is 34.9. The molecule has 3 aromatic rings. The molecular formula is C29H34Cl2N5O9P. The smallest absolute Gasteiger partial charge is 0.465 e. The number of phosphoric ester groups is 1. The molecule has 4 amide bonds. The number of benzene rings is 2. The highest BCUT2D eigenvalue weighted by molar-refractivity contribution is 7.48. The molecule has 17 heteroatoms. The number of rotatable bonds is 12. The maximum atomic E-state index is 13.9. The molecular weight excluding hydrogens is 664 g/mol. The van der Waals surface area contributed by atoms with Gasteiger partial charge in [-0.2, -0.15) is 0 Å². The quantitative estimate of drug-likeness (QED) is 0.133. The Morgan fingerprint density at radius 3 is 2.50 bits per heavy atom. The van der Waals surface area contributed by atoms with Gasteiger partial charge in [0.15, 0.2) is 0 Å². The topological polar surface area (TPSA) is 222 Å². The first-order valence-corrected chi connectivity index (χ1v) is 16.6. The molecule has 14 nitrogen and oxygen atoms in total. The second-order valence-electron chi connectivity index (χ2n) is 11.1. The largest absolute Gasteiger partial charge is 0.588 e. The standard InChI is InChI=1S/C29H34Cl2N5O9P/c1-3-15(2)23(25(32)37)35-26(38)29(10-8-22-20(14-29)19-12-17(30)13-21(31)24(19)34-22)36-28(41)45-46(42,43)44-18-6-4-16(5-7-18)9-11-33-27(39)40/h4-7,12-13,15,23,33-34H,3,8-11,14H2,1-2H3,(H2,32,37)(H,35,38)(H,36,41)(H,39,40)(H,42,43)/t15-,23-,29+/m0/s1.